The van der Waals surface area contributed by atoms with Crippen LogP contribution in [0.25, 0.3) is 0 Å². The molecule has 1 N–H and O–H groups in total. The van der Waals surface area contributed by atoms with E-state index in [9.17, 15) is 4.79 Å². The summed E-state index contributed by atoms with van der Waals surface area (Å²) in [5, 5.41) is 8.95. The van der Waals surface area contributed by atoms with E-state index >= 15 is 0 Å². The van der Waals surface area contributed by atoms with Crippen LogP contribution in [0.2, 0.25) is 0 Å². The molecular weight excluding hydrogens is 188 g/mol. The molecule has 0 fully saturated rings. The van der Waals surface area contributed by atoms with Gasteiger partial charge in [0.1, 0.15) is 0 Å². The zero-order chi connectivity index (χ0) is 10.1. The Kier molecular flexibility index (Phi) is 2.81. The van der Waals surface area contributed by atoms with Gasteiger partial charge < -0.3 is 5.11 Å². The molecule has 2 unspecified atom stereocenters. The largest absolute Gasteiger partial charge is 0.481 e. The Morgan fingerprint density at radius 3 is 2.54 bits per heavy atom. The highest BCUT2D eigenvalue weighted by atomic mass is 35.5. The molecule has 2 atom stereocenters. The minimum Gasteiger partial charge on any atom is -0.481 e. The van der Waals surface area contributed by atoms with E-state index in [0.29, 0.717) is 0 Å². The normalized spacial score (nSPS) is 32.5. The van der Waals surface area contributed by atoms with Gasteiger partial charge in [-0.15, -0.1) is 11.6 Å². The molecule has 0 heterocycles. The van der Waals surface area contributed by atoms with Gasteiger partial charge in [-0.05, 0) is 5.92 Å². The first-order chi connectivity index (χ1) is 5.98. The fraction of sp³-hybridized carbons (Fsp3) is 0.500. The standard InChI is InChI=1S/C10H13ClO2/c1-7(2)10(11)6-4-3-5-8(10)9(12)13/h3-8H,1-2H3,(H,12,13). The van der Waals surface area contributed by atoms with Crippen LogP contribution in [-0.4, -0.2) is 16.0 Å². The Hall–Kier alpha value is -0.760. The van der Waals surface area contributed by atoms with Crippen molar-refractivity contribution in [2.45, 2.75) is 18.7 Å². The molecule has 1 aliphatic rings. The van der Waals surface area contributed by atoms with Gasteiger partial charge in [0.2, 0.25) is 0 Å². The van der Waals surface area contributed by atoms with Crippen LogP contribution in [0.4, 0.5) is 0 Å². The first-order valence-electron chi connectivity index (χ1n) is 4.26. The van der Waals surface area contributed by atoms with Gasteiger partial charge in [0.25, 0.3) is 0 Å². The molecule has 0 saturated heterocycles. The maximum atomic E-state index is 10.9. The van der Waals surface area contributed by atoms with E-state index in [2.05, 4.69) is 0 Å². The first-order valence-corrected chi connectivity index (χ1v) is 4.64. The number of rotatable bonds is 2. The van der Waals surface area contributed by atoms with Gasteiger partial charge in [-0.3, -0.25) is 4.79 Å². The Morgan fingerprint density at radius 1 is 1.54 bits per heavy atom. The molecule has 0 saturated carbocycles. The monoisotopic (exact) mass is 200 g/mol. The second kappa shape index (κ2) is 3.54. The number of hydrogen-bond acceptors (Lipinski definition) is 1. The van der Waals surface area contributed by atoms with Crippen molar-refractivity contribution < 1.29 is 9.90 Å². The molecule has 0 aromatic heterocycles. The topological polar surface area (TPSA) is 37.3 Å². The summed E-state index contributed by atoms with van der Waals surface area (Å²) in [5.74, 6) is -1.40. The molecule has 0 aromatic rings. The van der Waals surface area contributed by atoms with Crippen molar-refractivity contribution in [1.82, 2.24) is 0 Å². The minimum atomic E-state index is -0.871. The van der Waals surface area contributed by atoms with Gasteiger partial charge in [-0.25, -0.2) is 0 Å². The fourth-order valence-electron chi connectivity index (χ4n) is 1.45. The second-order valence-corrected chi connectivity index (χ2v) is 4.20. The van der Waals surface area contributed by atoms with Crippen molar-refractivity contribution in [2.24, 2.45) is 11.8 Å². The number of aliphatic carboxylic acids is 1. The highest BCUT2D eigenvalue weighted by Crippen LogP contribution is 2.38. The molecule has 3 heteroatoms. The molecule has 13 heavy (non-hydrogen) atoms. The van der Waals surface area contributed by atoms with Crippen molar-refractivity contribution >= 4 is 17.6 Å². The van der Waals surface area contributed by atoms with Gasteiger partial charge in [0, 0.05) is 0 Å². The Bertz CT molecular complexity index is 268. The molecule has 0 aliphatic heterocycles. The van der Waals surface area contributed by atoms with Gasteiger partial charge in [0.05, 0.1) is 10.8 Å². The molecule has 1 rings (SSSR count). The fourth-order valence-corrected chi connectivity index (χ4v) is 1.69. The summed E-state index contributed by atoms with van der Waals surface area (Å²) in [6.07, 6.45) is 6.92. The third-order valence-electron chi connectivity index (χ3n) is 2.39. The van der Waals surface area contributed by atoms with E-state index < -0.39 is 16.8 Å². The Balaban J connectivity index is 3.00. The highest BCUT2D eigenvalue weighted by molar-refractivity contribution is 6.27. The molecule has 0 spiro atoms. The number of hydrogen-bond donors (Lipinski definition) is 1. The van der Waals surface area contributed by atoms with Crippen LogP contribution < -0.4 is 0 Å². The smallest absolute Gasteiger partial charge is 0.312 e. The summed E-state index contributed by atoms with van der Waals surface area (Å²) < 4.78 is 0. The SMILES string of the molecule is CC(C)C1(Cl)C=CC=CC1C(=O)O. The average molecular weight is 201 g/mol. The lowest BCUT2D eigenvalue weighted by Gasteiger charge is -2.33. The van der Waals surface area contributed by atoms with E-state index in [1.165, 1.54) is 0 Å². The first kappa shape index (κ1) is 10.3. The summed E-state index contributed by atoms with van der Waals surface area (Å²) >= 11 is 6.25. The van der Waals surface area contributed by atoms with Crippen LogP contribution in [0, 0.1) is 11.8 Å². The van der Waals surface area contributed by atoms with E-state index in [0.717, 1.165) is 0 Å². The van der Waals surface area contributed by atoms with Crippen molar-refractivity contribution in [1.29, 1.82) is 0 Å². The maximum absolute atomic E-state index is 10.9. The summed E-state index contributed by atoms with van der Waals surface area (Å²) in [4.78, 5) is 10.1. The van der Waals surface area contributed by atoms with Crippen LogP contribution in [0.5, 0.6) is 0 Å². The van der Waals surface area contributed by atoms with Crippen molar-refractivity contribution in [3.8, 4) is 0 Å². The number of allylic oxidation sites excluding steroid dienone is 3. The lowest BCUT2D eigenvalue weighted by atomic mass is 9.80. The van der Waals surface area contributed by atoms with E-state index in [-0.39, 0.29) is 5.92 Å². The molecule has 0 bridgehead atoms. The van der Waals surface area contributed by atoms with Gasteiger partial charge >= 0.3 is 5.97 Å². The molecule has 72 valence electrons. The molecule has 1 aliphatic carbocycles. The predicted molar refractivity (Wildman–Crippen MR) is 52.8 cm³/mol. The zero-order valence-electron chi connectivity index (χ0n) is 7.70. The summed E-state index contributed by atoms with van der Waals surface area (Å²) in [5.41, 5.74) is 0. The van der Waals surface area contributed by atoms with Crippen molar-refractivity contribution in [2.75, 3.05) is 0 Å². The molecule has 0 aromatic carbocycles. The second-order valence-electron chi connectivity index (χ2n) is 3.54. The number of carboxylic acids is 1. The molecule has 2 nitrogen and oxygen atoms in total. The summed E-state index contributed by atoms with van der Waals surface area (Å²) in [6, 6.07) is 0. The quantitative estimate of drug-likeness (QED) is 0.696. The molecule has 0 radical (unpaired) electrons. The van der Waals surface area contributed by atoms with E-state index in [1.54, 1.807) is 24.3 Å². The zero-order valence-corrected chi connectivity index (χ0v) is 8.45. The number of alkyl halides is 1. The van der Waals surface area contributed by atoms with Gasteiger partial charge in [-0.1, -0.05) is 38.2 Å². The predicted octanol–water partition coefficient (Wildman–Crippen LogP) is 2.45. The van der Waals surface area contributed by atoms with Crippen LogP contribution in [0.15, 0.2) is 24.3 Å². The van der Waals surface area contributed by atoms with Crippen molar-refractivity contribution in [3.05, 3.63) is 24.3 Å². The van der Waals surface area contributed by atoms with Crippen molar-refractivity contribution in [3.63, 3.8) is 0 Å². The summed E-state index contributed by atoms with van der Waals surface area (Å²) in [6.45, 7) is 3.85. The highest BCUT2D eigenvalue weighted by Gasteiger charge is 2.41. The maximum Gasteiger partial charge on any atom is 0.312 e. The summed E-state index contributed by atoms with van der Waals surface area (Å²) in [7, 11) is 0. The van der Waals surface area contributed by atoms with Crippen LogP contribution in [0.1, 0.15) is 13.8 Å². The van der Waals surface area contributed by atoms with Crippen LogP contribution in [0.3, 0.4) is 0 Å². The number of carboxylic acid groups (broad SMARTS) is 1. The van der Waals surface area contributed by atoms with E-state index in [4.69, 9.17) is 16.7 Å². The molecule has 0 amide bonds. The average Bonchev–Trinajstić information content (AvgIpc) is 2.04. The van der Waals surface area contributed by atoms with Crippen LogP contribution in [-0.2, 0) is 4.79 Å². The van der Waals surface area contributed by atoms with Gasteiger partial charge in [-0.2, -0.15) is 0 Å². The number of halogens is 1. The third-order valence-corrected chi connectivity index (χ3v) is 3.19. The minimum absolute atomic E-state index is 0.0940. The Morgan fingerprint density at radius 2 is 2.15 bits per heavy atom. The Labute approximate surface area is 82.9 Å². The van der Waals surface area contributed by atoms with E-state index in [1.807, 2.05) is 13.8 Å². The van der Waals surface area contributed by atoms with Crippen LogP contribution >= 0.6 is 11.6 Å². The number of carbonyl (C=O) groups is 1. The lowest BCUT2D eigenvalue weighted by Crippen LogP contribution is -2.40. The lowest BCUT2D eigenvalue weighted by molar-refractivity contribution is -0.141. The van der Waals surface area contributed by atoms with Gasteiger partial charge in [0.15, 0.2) is 0 Å². The molecular formula is C10H13ClO2. The third kappa shape index (κ3) is 1.78.